The molecular formula is C15H14O3. The summed E-state index contributed by atoms with van der Waals surface area (Å²) in [6.45, 7) is 3.67. The molecule has 18 heavy (non-hydrogen) atoms. The summed E-state index contributed by atoms with van der Waals surface area (Å²) in [6.07, 6.45) is 0. The molecule has 0 amide bonds. The Labute approximate surface area is 105 Å². The van der Waals surface area contributed by atoms with Gasteiger partial charge in [-0.1, -0.05) is 18.2 Å². The maximum atomic E-state index is 11.6. The molecule has 3 nitrogen and oxygen atoms in total. The molecule has 0 atom stereocenters. The minimum absolute atomic E-state index is 0.0337. The van der Waals surface area contributed by atoms with Crippen molar-refractivity contribution >= 4 is 22.5 Å². The van der Waals surface area contributed by atoms with Gasteiger partial charge in [0.1, 0.15) is 0 Å². The first-order chi connectivity index (χ1) is 8.61. The smallest absolute Gasteiger partial charge is 0.338 e. The SMILES string of the molecule is CCOC(=O)c1ccc2cc(C(C)=O)ccc2c1. The van der Waals surface area contributed by atoms with E-state index in [0.29, 0.717) is 17.7 Å². The van der Waals surface area contributed by atoms with Crippen molar-refractivity contribution in [2.45, 2.75) is 13.8 Å². The van der Waals surface area contributed by atoms with Crippen LogP contribution in [0.4, 0.5) is 0 Å². The molecule has 0 saturated carbocycles. The van der Waals surface area contributed by atoms with Gasteiger partial charge < -0.3 is 4.74 Å². The molecule has 2 aromatic carbocycles. The standard InChI is InChI=1S/C15H14O3/c1-3-18-15(17)14-7-6-12-8-11(10(2)16)4-5-13(12)9-14/h4-9H,3H2,1-2H3. The highest BCUT2D eigenvalue weighted by Gasteiger charge is 2.07. The van der Waals surface area contributed by atoms with Crippen molar-refractivity contribution in [1.82, 2.24) is 0 Å². The highest BCUT2D eigenvalue weighted by atomic mass is 16.5. The van der Waals surface area contributed by atoms with Crippen molar-refractivity contribution in [3.8, 4) is 0 Å². The summed E-state index contributed by atoms with van der Waals surface area (Å²) in [4.78, 5) is 22.9. The molecular weight excluding hydrogens is 228 g/mol. The van der Waals surface area contributed by atoms with Gasteiger partial charge in [0, 0.05) is 5.56 Å². The summed E-state index contributed by atoms with van der Waals surface area (Å²) in [5.74, 6) is -0.290. The summed E-state index contributed by atoms with van der Waals surface area (Å²) in [6, 6.07) is 10.7. The molecule has 0 spiro atoms. The Hall–Kier alpha value is -2.16. The lowest BCUT2D eigenvalue weighted by Gasteiger charge is -2.04. The van der Waals surface area contributed by atoms with E-state index in [0.717, 1.165) is 10.8 Å². The van der Waals surface area contributed by atoms with Crippen LogP contribution in [-0.2, 0) is 4.74 Å². The second-order valence-corrected chi connectivity index (χ2v) is 4.05. The van der Waals surface area contributed by atoms with E-state index in [1.807, 2.05) is 18.2 Å². The molecule has 0 saturated heterocycles. The van der Waals surface area contributed by atoms with E-state index < -0.39 is 0 Å². The van der Waals surface area contributed by atoms with Gasteiger partial charge in [-0.25, -0.2) is 4.79 Å². The third-order valence-electron chi connectivity index (χ3n) is 2.76. The van der Waals surface area contributed by atoms with Gasteiger partial charge in [-0.15, -0.1) is 0 Å². The number of benzene rings is 2. The third-order valence-corrected chi connectivity index (χ3v) is 2.76. The fraction of sp³-hybridized carbons (Fsp3) is 0.200. The second kappa shape index (κ2) is 5.00. The monoisotopic (exact) mass is 242 g/mol. The summed E-state index contributed by atoms with van der Waals surface area (Å²) < 4.78 is 4.95. The van der Waals surface area contributed by atoms with Crippen LogP contribution in [0, 0.1) is 0 Å². The van der Waals surface area contributed by atoms with E-state index in [-0.39, 0.29) is 11.8 Å². The van der Waals surface area contributed by atoms with Crippen LogP contribution < -0.4 is 0 Å². The molecule has 0 bridgehead atoms. The zero-order valence-electron chi connectivity index (χ0n) is 10.4. The molecule has 2 rings (SSSR count). The van der Waals surface area contributed by atoms with Crippen LogP contribution in [-0.4, -0.2) is 18.4 Å². The fourth-order valence-electron chi connectivity index (χ4n) is 1.81. The third kappa shape index (κ3) is 2.40. The van der Waals surface area contributed by atoms with Crippen molar-refractivity contribution in [2.24, 2.45) is 0 Å². The normalized spacial score (nSPS) is 10.3. The first kappa shape index (κ1) is 12.3. The van der Waals surface area contributed by atoms with Gasteiger partial charge in [-0.05, 0) is 42.8 Å². The van der Waals surface area contributed by atoms with E-state index in [9.17, 15) is 9.59 Å². The number of carbonyl (C=O) groups excluding carboxylic acids is 2. The quantitative estimate of drug-likeness (QED) is 0.613. The lowest BCUT2D eigenvalue weighted by Crippen LogP contribution is -2.04. The molecule has 0 N–H and O–H groups in total. The molecule has 0 aliphatic rings. The molecule has 0 aliphatic carbocycles. The predicted molar refractivity (Wildman–Crippen MR) is 69.9 cm³/mol. The van der Waals surface area contributed by atoms with Gasteiger partial charge in [0.05, 0.1) is 12.2 Å². The molecule has 0 fully saturated rings. The molecule has 0 radical (unpaired) electrons. The van der Waals surface area contributed by atoms with E-state index in [1.54, 1.807) is 25.1 Å². The highest BCUT2D eigenvalue weighted by molar-refractivity contribution is 6.00. The average molecular weight is 242 g/mol. The van der Waals surface area contributed by atoms with Crippen molar-refractivity contribution < 1.29 is 14.3 Å². The average Bonchev–Trinajstić information content (AvgIpc) is 2.37. The molecule has 92 valence electrons. The number of fused-ring (bicyclic) bond motifs is 1. The molecule has 0 heterocycles. The summed E-state index contributed by atoms with van der Waals surface area (Å²) in [5, 5.41) is 1.86. The second-order valence-electron chi connectivity index (χ2n) is 4.05. The van der Waals surface area contributed by atoms with Crippen LogP contribution in [0.1, 0.15) is 34.6 Å². The topological polar surface area (TPSA) is 43.4 Å². The van der Waals surface area contributed by atoms with Crippen LogP contribution in [0.2, 0.25) is 0 Å². The Morgan fingerprint density at radius 2 is 1.56 bits per heavy atom. The Morgan fingerprint density at radius 1 is 1.00 bits per heavy atom. The maximum absolute atomic E-state index is 11.6. The Morgan fingerprint density at radius 3 is 2.11 bits per heavy atom. The molecule has 0 unspecified atom stereocenters. The largest absolute Gasteiger partial charge is 0.462 e. The lowest BCUT2D eigenvalue weighted by molar-refractivity contribution is 0.0526. The van der Waals surface area contributed by atoms with Crippen molar-refractivity contribution in [1.29, 1.82) is 0 Å². The highest BCUT2D eigenvalue weighted by Crippen LogP contribution is 2.19. The number of hydrogen-bond acceptors (Lipinski definition) is 3. The van der Waals surface area contributed by atoms with E-state index >= 15 is 0 Å². The lowest BCUT2D eigenvalue weighted by atomic mass is 10.0. The van der Waals surface area contributed by atoms with Crippen LogP contribution in [0.3, 0.4) is 0 Å². The number of carbonyl (C=O) groups is 2. The van der Waals surface area contributed by atoms with E-state index in [2.05, 4.69) is 0 Å². The van der Waals surface area contributed by atoms with Crippen LogP contribution in [0.25, 0.3) is 10.8 Å². The van der Waals surface area contributed by atoms with Crippen molar-refractivity contribution in [3.05, 3.63) is 47.5 Å². The minimum atomic E-state index is -0.324. The zero-order chi connectivity index (χ0) is 13.1. The number of ketones is 1. The predicted octanol–water partition coefficient (Wildman–Crippen LogP) is 3.22. The molecule has 3 heteroatoms. The van der Waals surface area contributed by atoms with Crippen LogP contribution in [0.5, 0.6) is 0 Å². The van der Waals surface area contributed by atoms with Gasteiger partial charge in [-0.2, -0.15) is 0 Å². The van der Waals surface area contributed by atoms with E-state index in [4.69, 9.17) is 4.74 Å². The van der Waals surface area contributed by atoms with Gasteiger partial charge in [0.15, 0.2) is 5.78 Å². The maximum Gasteiger partial charge on any atom is 0.338 e. The summed E-state index contributed by atoms with van der Waals surface area (Å²) in [5.41, 5.74) is 1.20. The van der Waals surface area contributed by atoms with Crippen LogP contribution >= 0.6 is 0 Å². The van der Waals surface area contributed by atoms with E-state index in [1.165, 1.54) is 6.92 Å². The zero-order valence-corrected chi connectivity index (χ0v) is 10.4. The van der Waals surface area contributed by atoms with Crippen molar-refractivity contribution in [2.75, 3.05) is 6.61 Å². The molecule has 0 aliphatic heterocycles. The number of rotatable bonds is 3. The number of Topliss-reactive ketones (excluding diaryl/α,β-unsaturated/α-hetero) is 1. The Bertz CT molecular complexity index is 614. The van der Waals surface area contributed by atoms with Crippen LogP contribution in [0.15, 0.2) is 36.4 Å². The van der Waals surface area contributed by atoms with Gasteiger partial charge in [-0.3, -0.25) is 4.79 Å². The first-order valence-electron chi connectivity index (χ1n) is 5.83. The summed E-state index contributed by atoms with van der Waals surface area (Å²) in [7, 11) is 0. The fourth-order valence-corrected chi connectivity index (χ4v) is 1.81. The Balaban J connectivity index is 2.44. The Kier molecular flexibility index (Phi) is 3.42. The number of ether oxygens (including phenoxy) is 1. The number of esters is 1. The minimum Gasteiger partial charge on any atom is -0.462 e. The van der Waals surface area contributed by atoms with Gasteiger partial charge in [0.2, 0.25) is 0 Å². The molecule has 2 aromatic rings. The first-order valence-corrected chi connectivity index (χ1v) is 5.83. The molecule has 0 aromatic heterocycles. The van der Waals surface area contributed by atoms with Gasteiger partial charge >= 0.3 is 5.97 Å². The number of hydrogen-bond donors (Lipinski definition) is 0. The van der Waals surface area contributed by atoms with Gasteiger partial charge in [0.25, 0.3) is 0 Å². The summed E-state index contributed by atoms with van der Waals surface area (Å²) >= 11 is 0. The van der Waals surface area contributed by atoms with Crippen molar-refractivity contribution in [3.63, 3.8) is 0 Å².